The van der Waals surface area contributed by atoms with E-state index in [0.717, 1.165) is 38.8 Å². The van der Waals surface area contributed by atoms with Gasteiger partial charge in [0.2, 0.25) is 0 Å². The van der Waals surface area contributed by atoms with Crippen LogP contribution in [0.3, 0.4) is 0 Å². The third kappa shape index (κ3) is 5.51. The molecular weight excluding hydrogens is 505 g/mol. The molecular formula is C35H35BN3O2. The zero-order chi connectivity index (χ0) is 28.6. The molecule has 0 aromatic heterocycles. The highest BCUT2D eigenvalue weighted by atomic mass is 16.5. The van der Waals surface area contributed by atoms with Crippen molar-refractivity contribution in [3.05, 3.63) is 126 Å². The second-order valence-electron chi connectivity index (χ2n) is 11.7. The summed E-state index contributed by atoms with van der Waals surface area (Å²) in [6.45, 7) is 7.32. The number of rotatable bonds is 7. The van der Waals surface area contributed by atoms with Crippen molar-refractivity contribution < 1.29 is 9.76 Å². The summed E-state index contributed by atoms with van der Waals surface area (Å²) < 4.78 is 6.13. The summed E-state index contributed by atoms with van der Waals surface area (Å²) in [6.07, 6.45) is -0.406. The first-order valence-electron chi connectivity index (χ1n) is 14.1. The minimum atomic E-state index is -1.000. The summed E-state index contributed by atoms with van der Waals surface area (Å²) in [6, 6.07) is 37.8. The Kier molecular flexibility index (Phi) is 7.16. The average molecular weight is 540 g/mol. The van der Waals surface area contributed by atoms with Gasteiger partial charge in [0.1, 0.15) is 18.2 Å². The minimum absolute atomic E-state index is 0.188. The second kappa shape index (κ2) is 10.8. The molecule has 5 aromatic carbocycles. The molecule has 41 heavy (non-hydrogen) atoms. The molecule has 2 atom stereocenters. The van der Waals surface area contributed by atoms with Crippen LogP contribution < -0.4 is 16.1 Å². The molecule has 6 rings (SSSR count). The molecule has 0 saturated heterocycles. The van der Waals surface area contributed by atoms with E-state index >= 15 is 0 Å². The van der Waals surface area contributed by atoms with Crippen LogP contribution in [-0.4, -0.2) is 29.6 Å². The van der Waals surface area contributed by atoms with Gasteiger partial charge in [0.25, 0.3) is 0 Å². The Morgan fingerprint density at radius 1 is 0.756 bits per heavy atom. The van der Waals surface area contributed by atoms with Gasteiger partial charge in [-0.25, -0.2) is 4.99 Å². The number of hydrogen-bond acceptors (Lipinski definition) is 5. The lowest BCUT2D eigenvalue weighted by atomic mass is 9.79. The number of aliphatic hydroxyl groups is 1. The van der Waals surface area contributed by atoms with Crippen molar-refractivity contribution in [3.8, 4) is 0 Å². The molecule has 6 heteroatoms. The van der Waals surface area contributed by atoms with Crippen molar-refractivity contribution in [2.45, 2.75) is 51.2 Å². The number of hydrogen-bond donors (Lipinski definition) is 3. The molecule has 0 aliphatic carbocycles. The lowest BCUT2D eigenvalue weighted by Gasteiger charge is -2.37. The molecule has 2 unspecified atom stereocenters. The lowest BCUT2D eigenvalue weighted by Crippen LogP contribution is -2.49. The monoisotopic (exact) mass is 540 g/mol. The van der Waals surface area contributed by atoms with Gasteiger partial charge in [0.05, 0.1) is 11.2 Å². The summed E-state index contributed by atoms with van der Waals surface area (Å²) in [4.78, 5) is 5.13. The summed E-state index contributed by atoms with van der Waals surface area (Å²) in [5.74, 6) is 0.850. The molecule has 0 fully saturated rings. The largest absolute Gasteiger partial charge is 0.427 e. The third-order valence-electron chi connectivity index (χ3n) is 8.26. The first kappa shape index (κ1) is 27.2. The fourth-order valence-corrected chi connectivity index (χ4v) is 5.08. The number of fused-ring (bicyclic) bond motifs is 2. The van der Waals surface area contributed by atoms with E-state index in [9.17, 15) is 5.11 Å². The summed E-state index contributed by atoms with van der Waals surface area (Å²) in [5, 5.41) is 22.6. The third-order valence-corrected chi connectivity index (χ3v) is 8.26. The van der Waals surface area contributed by atoms with Crippen molar-refractivity contribution in [2.75, 3.05) is 0 Å². The molecule has 1 radical (unpaired) electrons. The fourth-order valence-electron chi connectivity index (χ4n) is 5.08. The highest BCUT2D eigenvalue weighted by molar-refractivity contribution is 6.51. The van der Waals surface area contributed by atoms with Gasteiger partial charge in [-0.05, 0) is 71.9 Å². The van der Waals surface area contributed by atoms with Crippen LogP contribution in [0, 0.1) is 0 Å². The molecule has 1 aliphatic heterocycles. The van der Waals surface area contributed by atoms with Crippen molar-refractivity contribution in [2.24, 2.45) is 4.99 Å². The Bertz CT molecular complexity index is 1730. The maximum absolute atomic E-state index is 10.6. The first-order chi connectivity index (χ1) is 19.7. The fraction of sp³-hybridized carbons (Fsp3) is 0.229. The van der Waals surface area contributed by atoms with E-state index in [4.69, 9.17) is 9.65 Å². The van der Waals surface area contributed by atoms with Crippen molar-refractivity contribution in [1.29, 1.82) is 0 Å². The number of benzene rings is 5. The zero-order valence-electron chi connectivity index (χ0n) is 23.9. The highest BCUT2D eigenvalue weighted by Crippen LogP contribution is 2.30. The molecule has 0 amide bonds. The van der Waals surface area contributed by atoms with Gasteiger partial charge in [-0.3, -0.25) is 5.32 Å². The molecule has 5 nitrogen and oxygen atoms in total. The van der Waals surface area contributed by atoms with Crippen LogP contribution in [0.15, 0.2) is 114 Å². The molecule has 0 bridgehead atoms. The Labute approximate surface area is 242 Å². The van der Waals surface area contributed by atoms with Crippen molar-refractivity contribution in [1.82, 2.24) is 10.6 Å². The Morgan fingerprint density at radius 2 is 1.46 bits per heavy atom. The minimum Gasteiger partial charge on any atom is -0.427 e. The standard InChI is InChI=1S/C35H35BN3O2/c1-34(2,40)35(3,4)41-36-30-19-11-16-27-28(30)17-10-18-29(27)33-38-31(24-13-6-5-7-14-24)37-32(39-33)26-21-20-23-12-8-9-15-25(23)22-26/h5-22,31,33,38,40H,1-4H3,(H,37,39). The van der Waals surface area contributed by atoms with E-state index in [1.807, 2.05) is 32.0 Å². The van der Waals surface area contributed by atoms with Gasteiger partial charge >= 0.3 is 7.48 Å². The van der Waals surface area contributed by atoms with Gasteiger partial charge in [0, 0.05) is 5.56 Å². The van der Waals surface area contributed by atoms with E-state index in [1.165, 1.54) is 10.8 Å². The Morgan fingerprint density at radius 3 is 2.24 bits per heavy atom. The Balaban J connectivity index is 1.39. The summed E-state index contributed by atoms with van der Waals surface area (Å²) in [5.41, 5.74) is 2.48. The van der Waals surface area contributed by atoms with E-state index in [2.05, 4.69) is 102 Å². The maximum atomic E-state index is 10.6. The summed E-state index contributed by atoms with van der Waals surface area (Å²) in [7, 11) is 1.76. The topological polar surface area (TPSA) is 65.9 Å². The maximum Gasteiger partial charge on any atom is 0.331 e. The van der Waals surface area contributed by atoms with E-state index < -0.39 is 11.2 Å². The quantitative estimate of drug-likeness (QED) is 0.217. The van der Waals surface area contributed by atoms with Crippen LogP contribution in [0.2, 0.25) is 0 Å². The Hall–Kier alpha value is -3.97. The van der Waals surface area contributed by atoms with Crippen molar-refractivity contribution >= 4 is 40.3 Å². The van der Waals surface area contributed by atoms with Crippen LogP contribution in [-0.2, 0) is 4.65 Å². The SMILES string of the molecule is CC(C)(O)C(C)(C)O[B]c1cccc2c(C3NC(c4ccc5ccccc5c4)=NC(c4ccccc4)N3)cccc12. The lowest BCUT2D eigenvalue weighted by molar-refractivity contribution is -0.0893. The first-order valence-corrected chi connectivity index (χ1v) is 14.1. The molecule has 5 aromatic rings. The van der Waals surface area contributed by atoms with E-state index in [1.54, 1.807) is 21.3 Å². The van der Waals surface area contributed by atoms with Gasteiger partial charge < -0.3 is 15.1 Å². The normalized spacial score (nSPS) is 17.7. The summed E-state index contributed by atoms with van der Waals surface area (Å²) >= 11 is 0. The zero-order valence-corrected chi connectivity index (χ0v) is 23.9. The number of nitrogens with one attached hydrogen (secondary N) is 2. The van der Waals surface area contributed by atoms with Crippen LogP contribution in [0.1, 0.15) is 56.7 Å². The van der Waals surface area contributed by atoms with Crippen LogP contribution in [0.4, 0.5) is 0 Å². The average Bonchev–Trinajstić information content (AvgIpc) is 2.99. The molecule has 1 aliphatic rings. The predicted molar refractivity (Wildman–Crippen MR) is 169 cm³/mol. The molecule has 0 saturated carbocycles. The molecule has 1 heterocycles. The van der Waals surface area contributed by atoms with Crippen molar-refractivity contribution in [3.63, 3.8) is 0 Å². The van der Waals surface area contributed by atoms with Gasteiger partial charge in [-0.1, -0.05) is 103 Å². The molecule has 205 valence electrons. The smallest absolute Gasteiger partial charge is 0.331 e. The highest BCUT2D eigenvalue weighted by Gasteiger charge is 2.36. The van der Waals surface area contributed by atoms with Gasteiger partial charge in [-0.2, -0.15) is 0 Å². The second-order valence-corrected chi connectivity index (χ2v) is 11.7. The molecule has 0 spiro atoms. The number of amidine groups is 1. The van der Waals surface area contributed by atoms with Crippen LogP contribution >= 0.6 is 0 Å². The van der Waals surface area contributed by atoms with Gasteiger partial charge in [0.15, 0.2) is 0 Å². The number of aliphatic imine (C=N–C) groups is 1. The predicted octanol–water partition coefficient (Wildman–Crippen LogP) is 6.14. The van der Waals surface area contributed by atoms with Crippen LogP contribution in [0.25, 0.3) is 21.5 Å². The molecule has 3 N–H and O–H groups in total. The van der Waals surface area contributed by atoms with E-state index in [-0.39, 0.29) is 12.3 Å². The van der Waals surface area contributed by atoms with Gasteiger partial charge in [-0.15, -0.1) is 0 Å². The van der Waals surface area contributed by atoms with E-state index in [0.29, 0.717) is 0 Å². The number of nitrogens with zero attached hydrogens (tertiary/aromatic N) is 1. The van der Waals surface area contributed by atoms with Crippen LogP contribution in [0.5, 0.6) is 0 Å².